The van der Waals surface area contributed by atoms with Crippen LogP contribution in [0.15, 0.2) is 12.4 Å². The van der Waals surface area contributed by atoms with Gasteiger partial charge in [0, 0.05) is 25.8 Å². The van der Waals surface area contributed by atoms with Crippen LogP contribution in [0, 0.1) is 0 Å². The van der Waals surface area contributed by atoms with E-state index in [4.69, 9.17) is 4.74 Å². The zero-order valence-electron chi connectivity index (χ0n) is 13.8. The van der Waals surface area contributed by atoms with Crippen molar-refractivity contribution in [2.45, 2.75) is 57.1 Å². The number of ether oxygens (including phenoxy) is 1. The van der Waals surface area contributed by atoms with E-state index in [-0.39, 0.29) is 12.6 Å². The van der Waals surface area contributed by atoms with E-state index >= 15 is 0 Å². The molecule has 1 aromatic rings. The van der Waals surface area contributed by atoms with Crippen LogP contribution >= 0.6 is 0 Å². The lowest BCUT2D eigenvalue weighted by Crippen LogP contribution is -2.32. The van der Waals surface area contributed by atoms with Crippen LogP contribution < -0.4 is 10.2 Å². The molecule has 0 amide bonds. The Labute approximate surface area is 138 Å². The van der Waals surface area contributed by atoms with Gasteiger partial charge in [-0.2, -0.15) is 0 Å². The van der Waals surface area contributed by atoms with Gasteiger partial charge in [0.25, 0.3) is 0 Å². The summed E-state index contributed by atoms with van der Waals surface area (Å²) in [5.74, 6) is 1.75. The fourth-order valence-electron chi connectivity index (χ4n) is 3.52. The van der Waals surface area contributed by atoms with Crippen molar-refractivity contribution in [1.82, 2.24) is 9.97 Å². The Morgan fingerprint density at radius 3 is 2.91 bits per heavy atom. The number of hydrogen-bond acceptors (Lipinski definition) is 6. The van der Waals surface area contributed by atoms with Gasteiger partial charge in [-0.05, 0) is 32.1 Å². The van der Waals surface area contributed by atoms with Gasteiger partial charge < -0.3 is 20.1 Å². The molecule has 1 aromatic heterocycles. The van der Waals surface area contributed by atoms with Crippen molar-refractivity contribution in [2.75, 3.05) is 36.5 Å². The molecular weight excluding hydrogens is 292 g/mol. The van der Waals surface area contributed by atoms with Crippen molar-refractivity contribution >= 4 is 11.6 Å². The van der Waals surface area contributed by atoms with E-state index in [0.29, 0.717) is 6.10 Å². The summed E-state index contributed by atoms with van der Waals surface area (Å²) in [6, 6.07) is 2.17. The molecule has 6 nitrogen and oxygen atoms in total. The zero-order valence-corrected chi connectivity index (χ0v) is 13.8. The Hall–Kier alpha value is -1.40. The van der Waals surface area contributed by atoms with E-state index in [2.05, 4.69) is 20.2 Å². The summed E-state index contributed by atoms with van der Waals surface area (Å²) < 4.78 is 5.87. The van der Waals surface area contributed by atoms with Gasteiger partial charge in [-0.15, -0.1) is 0 Å². The smallest absolute Gasteiger partial charge is 0.134 e. The van der Waals surface area contributed by atoms with Gasteiger partial charge in [-0.3, -0.25) is 0 Å². The van der Waals surface area contributed by atoms with E-state index in [1.165, 1.54) is 25.7 Å². The van der Waals surface area contributed by atoms with Crippen LogP contribution in [0.1, 0.15) is 44.9 Å². The number of hydrogen-bond donors (Lipinski definition) is 2. The molecular formula is C17H28N4O2. The van der Waals surface area contributed by atoms with Crippen LogP contribution in [-0.4, -0.2) is 53.5 Å². The zero-order chi connectivity index (χ0) is 15.9. The van der Waals surface area contributed by atoms with Gasteiger partial charge >= 0.3 is 0 Å². The molecule has 1 saturated heterocycles. The molecule has 2 heterocycles. The highest BCUT2D eigenvalue weighted by Crippen LogP contribution is 2.24. The number of aliphatic hydroxyl groups is 1. The van der Waals surface area contributed by atoms with Gasteiger partial charge in [0.2, 0.25) is 0 Å². The molecule has 1 saturated carbocycles. The van der Waals surface area contributed by atoms with Gasteiger partial charge in [0.1, 0.15) is 18.0 Å². The highest BCUT2D eigenvalue weighted by atomic mass is 16.5. The Balaban J connectivity index is 1.42. The third kappa shape index (κ3) is 4.54. The average molecular weight is 320 g/mol. The highest BCUT2D eigenvalue weighted by molar-refractivity contribution is 5.49. The maximum absolute atomic E-state index is 9.44. The highest BCUT2D eigenvalue weighted by Gasteiger charge is 2.25. The SMILES string of the molecule is OCC1CCCN1c1cc(NCCCOC2CCCC2)ncn1. The van der Waals surface area contributed by atoms with Gasteiger partial charge in [0.05, 0.1) is 18.8 Å². The lowest BCUT2D eigenvalue weighted by atomic mass is 10.2. The van der Waals surface area contributed by atoms with Crippen LogP contribution in [0.4, 0.5) is 11.6 Å². The number of nitrogens with zero attached hydrogens (tertiary/aromatic N) is 3. The molecule has 2 aliphatic rings. The van der Waals surface area contributed by atoms with Crippen LogP contribution in [0.3, 0.4) is 0 Å². The van der Waals surface area contributed by atoms with Crippen LogP contribution in [0.5, 0.6) is 0 Å². The minimum atomic E-state index is 0.186. The summed E-state index contributed by atoms with van der Waals surface area (Å²) in [4.78, 5) is 10.8. The van der Waals surface area contributed by atoms with Crippen molar-refractivity contribution in [3.05, 3.63) is 12.4 Å². The topological polar surface area (TPSA) is 70.5 Å². The summed E-state index contributed by atoms with van der Waals surface area (Å²) >= 11 is 0. The summed E-state index contributed by atoms with van der Waals surface area (Å²) in [6.45, 7) is 2.81. The monoisotopic (exact) mass is 320 g/mol. The Kier molecular flexibility index (Phi) is 6.05. The molecule has 0 spiro atoms. The third-order valence-corrected chi connectivity index (χ3v) is 4.82. The number of aromatic nitrogens is 2. The predicted octanol–water partition coefficient (Wildman–Crippen LogP) is 2.20. The molecule has 1 unspecified atom stereocenters. The second kappa shape index (κ2) is 8.45. The molecule has 0 aromatic carbocycles. The average Bonchev–Trinajstić information content (AvgIpc) is 3.26. The Morgan fingerprint density at radius 1 is 1.22 bits per heavy atom. The first-order chi connectivity index (χ1) is 11.4. The van der Waals surface area contributed by atoms with E-state index < -0.39 is 0 Å². The molecule has 1 atom stereocenters. The maximum atomic E-state index is 9.44. The van der Waals surface area contributed by atoms with Crippen LogP contribution in [0.25, 0.3) is 0 Å². The molecule has 23 heavy (non-hydrogen) atoms. The van der Waals surface area contributed by atoms with Crippen molar-refractivity contribution < 1.29 is 9.84 Å². The lowest BCUT2D eigenvalue weighted by molar-refractivity contribution is 0.0583. The normalized spacial score (nSPS) is 22.0. The lowest BCUT2D eigenvalue weighted by Gasteiger charge is -2.24. The summed E-state index contributed by atoms with van der Waals surface area (Å²) in [6.07, 6.45) is 10.3. The number of anilines is 2. The first-order valence-corrected chi connectivity index (χ1v) is 8.92. The van der Waals surface area contributed by atoms with Crippen molar-refractivity contribution in [2.24, 2.45) is 0 Å². The summed E-state index contributed by atoms with van der Waals surface area (Å²) in [5, 5.41) is 12.8. The molecule has 6 heteroatoms. The molecule has 1 aliphatic carbocycles. The first-order valence-electron chi connectivity index (χ1n) is 8.92. The summed E-state index contributed by atoms with van der Waals surface area (Å²) in [5.41, 5.74) is 0. The maximum Gasteiger partial charge on any atom is 0.134 e. The number of aliphatic hydroxyl groups excluding tert-OH is 1. The van der Waals surface area contributed by atoms with E-state index in [1.807, 2.05) is 6.07 Å². The van der Waals surface area contributed by atoms with E-state index in [9.17, 15) is 5.11 Å². The number of rotatable bonds is 8. The van der Waals surface area contributed by atoms with Crippen LogP contribution in [0.2, 0.25) is 0 Å². The molecule has 2 N–H and O–H groups in total. The molecule has 2 fully saturated rings. The molecule has 1 aliphatic heterocycles. The molecule has 0 bridgehead atoms. The molecule has 128 valence electrons. The number of nitrogens with one attached hydrogen (secondary N) is 1. The van der Waals surface area contributed by atoms with Crippen molar-refractivity contribution in [1.29, 1.82) is 0 Å². The second-order valence-corrected chi connectivity index (χ2v) is 6.49. The second-order valence-electron chi connectivity index (χ2n) is 6.49. The van der Waals surface area contributed by atoms with Crippen molar-refractivity contribution in [3.8, 4) is 0 Å². The van der Waals surface area contributed by atoms with Gasteiger partial charge in [-0.25, -0.2) is 9.97 Å². The largest absolute Gasteiger partial charge is 0.394 e. The van der Waals surface area contributed by atoms with E-state index in [0.717, 1.165) is 50.6 Å². The molecule has 3 rings (SSSR count). The summed E-state index contributed by atoms with van der Waals surface area (Å²) in [7, 11) is 0. The Morgan fingerprint density at radius 2 is 2.09 bits per heavy atom. The minimum Gasteiger partial charge on any atom is -0.394 e. The van der Waals surface area contributed by atoms with Crippen molar-refractivity contribution in [3.63, 3.8) is 0 Å². The first kappa shape index (κ1) is 16.5. The quantitative estimate of drug-likeness (QED) is 0.716. The Bertz CT molecular complexity index is 479. The minimum absolute atomic E-state index is 0.186. The molecule has 0 radical (unpaired) electrons. The third-order valence-electron chi connectivity index (χ3n) is 4.82. The fraction of sp³-hybridized carbons (Fsp3) is 0.765. The van der Waals surface area contributed by atoms with Gasteiger partial charge in [0.15, 0.2) is 0 Å². The standard InChI is InChI=1S/C17H28N4O2/c22-12-14-5-3-9-21(14)17-11-16(19-13-20-17)18-8-4-10-23-15-6-1-2-7-15/h11,13-15,22H,1-10,12H2,(H,18,19,20). The predicted molar refractivity (Wildman–Crippen MR) is 90.8 cm³/mol. The van der Waals surface area contributed by atoms with E-state index in [1.54, 1.807) is 6.33 Å². The van der Waals surface area contributed by atoms with Crippen LogP contribution in [-0.2, 0) is 4.74 Å². The fourth-order valence-corrected chi connectivity index (χ4v) is 3.52. The van der Waals surface area contributed by atoms with Gasteiger partial charge in [-0.1, -0.05) is 12.8 Å².